The number of aromatic hydroxyl groups is 1. The predicted molar refractivity (Wildman–Crippen MR) is 81.1 cm³/mol. The number of nitrogens with two attached hydrogens (primary N) is 2. The molecule has 0 bridgehead atoms. The quantitative estimate of drug-likeness (QED) is 0.425. The van der Waals surface area contributed by atoms with Crippen molar-refractivity contribution in [1.82, 2.24) is 0 Å². The van der Waals surface area contributed by atoms with Crippen LogP contribution < -0.4 is 11.5 Å². The van der Waals surface area contributed by atoms with E-state index in [1.165, 1.54) is 0 Å². The van der Waals surface area contributed by atoms with E-state index in [2.05, 4.69) is 6.58 Å². The van der Waals surface area contributed by atoms with Gasteiger partial charge in [0, 0.05) is 11.4 Å². The predicted octanol–water partition coefficient (Wildman–Crippen LogP) is 3.59. The molecule has 1 rings (SSSR count). The van der Waals surface area contributed by atoms with Crippen molar-refractivity contribution in [2.45, 2.75) is 20.8 Å². The van der Waals surface area contributed by atoms with Gasteiger partial charge in [0.2, 0.25) is 0 Å². The first-order valence-corrected chi connectivity index (χ1v) is 5.85. The Hall–Kier alpha value is -2.16. The van der Waals surface area contributed by atoms with Gasteiger partial charge in [-0.25, -0.2) is 0 Å². The summed E-state index contributed by atoms with van der Waals surface area (Å²) in [6.07, 6.45) is 7.12. The van der Waals surface area contributed by atoms with Gasteiger partial charge in [-0.05, 0) is 43.3 Å². The Morgan fingerprint density at radius 3 is 2.06 bits per heavy atom. The maximum Gasteiger partial charge on any atom is 0.115 e. The zero-order valence-electron chi connectivity index (χ0n) is 11.4. The number of nitrogen functional groups attached to an aromatic ring is 1. The molecule has 0 heterocycles. The number of anilines is 1. The van der Waals surface area contributed by atoms with Crippen molar-refractivity contribution in [2.24, 2.45) is 5.73 Å². The summed E-state index contributed by atoms with van der Waals surface area (Å²) in [6, 6.07) is 6.40. The molecule has 0 spiro atoms. The lowest BCUT2D eigenvalue weighted by Crippen LogP contribution is -1.90. The van der Waals surface area contributed by atoms with Crippen LogP contribution in [0.25, 0.3) is 0 Å². The highest BCUT2D eigenvalue weighted by Gasteiger charge is 1.82. The molecule has 18 heavy (non-hydrogen) atoms. The molecule has 1 aromatic carbocycles. The van der Waals surface area contributed by atoms with E-state index in [1.54, 1.807) is 36.4 Å². The number of hydrogen-bond donors (Lipinski definition) is 3. The van der Waals surface area contributed by atoms with Crippen molar-refractivity contribution in [2.75, 3.05) is 5.73 Å². The van der Waals surface area contributed by atoms with E-state index in [9.17, 15) is 0 Å². The molecule has 0 aliphatic rings. The smallest absolute Gasteiger partial charge is 0.115 e. The third kappa shape index (κ3) is 11.9. The van der Waals surface area contributed by atoms with E-state index in [0.29, 0.717) is 5.69 Å². The summed E-state index contributed by atoms with van der Waals surface area (Å²) in [5.41, 5.74) is 12.1. The molecule has 0 saturated heterocycles. The van der Waals surface area contributed by atoms with Gasteiger partial charge < -0.3 is 16.6 Å². The van der Waals surface area contributed by atoms with Crippen molar-refractivity contribution < 1.29 is 5.11 Å². The molecule has 0 saturated carbocycles. The fourth-order valence-electron chi connectivity index (χ4n) is 0.858. The molecule has 0 radical (unpaired) electrons. The SMILES string of the molecule is C=C/C=C(N)\C=C/C.CC.Nc1ccc(O)cc1. The second-order valence-corrected chi connectivity index (χ2v) is 2.99. The lowest BCUT2D eigenvalue weighted by Gasteiger charge is -1.89. The van der Waals surface area contributed by atoms with Crippen molar-refractivity contribution in [1.29, 1.82) is 0 Å². The van der Waals surface area contributed by atoms with E-state index in [0.717, 1.165) is 5.70 Å². The van der Waals surface area contributed by atoms with Crippen LogP contribution in [0.2, 0.25) is 0 Å². The fraction of sp³-hybridized carbons (Fsp3) is 0.200. The normalized spacial score (nSPS) is 9.83. The first-order valence-electron chi connectivity index (χ1n) is 5.85. The minimum absolute atomic E-state index is 0.249. The summed E-state index contributed by atoms with van der Waals surface area (Å²) in [5, 5.41) is 8.70. The van der Waals surface area contributed by atoms with Crippen LogP contribution in [0, 0.1) is 0 Å². The number of phenolic OH excluding ortho intramolecular Hbond substituents is 1. The maximum absolute atomic E-state index is 8.70. The third-order valence-corrected chi connectivity index (χ3v) is 1.56. The minimum atomic E-state index is 0.249. The largest absolute Gasteiger partial charge is 0.508 e. The van der Waals surface area contributed by atoms with Gasteiger partial charge in [-0.2, -0.15) is 0 Å². The average Bonchev–Trinajstić information content (AvgIpc) is 2.37. The van der Waals surface area contributed by atoms with Gasteiger partial charge in [0.25, 0.3) is 0 Å². The molecule has 0 amide bonds. The average molecular weight is 248 g/mol. The molecule has 0 unspecified atom stereocenters. The summed E-state index contributed by atoms with van der Waals surface area (Å²) in [6.45, 7) is 9.41. The van der Waals surface area contributed by atoms with Gasteiger partial charge >= 0.3 is 0 Å². The lowest BCUT2D eigenvalue weighted by molar-refractivity contribution is 0.475. The van der Waals surface area contributed by atoms with Crippen LogP contribution in [-0.4, -0.2) is 5.11 Å². The van der Waals surface area contributed by atoms with E-state index in [-0.39, 0.29) is 5.75 Å². The fourth-order valence-corrected chi connectivity index (χ4v) is 0.858. The van der Waals surface area contributed by atoms with Gasteiger partial charge in [-0.15, -0.1) is 0 Å². The van der Waals surface area contributed by atoms with Crippen molar-refractivity contribution >= 4 is 5.69 Å². The van der Waals surface area contributed by atoms with Gasteiger partial charge in [0.05, 0.1) is 0 Å². The Balaban J connectivity index is 0. The van der Waals surface area contributed by atoms with Gasteiger partial charge in [-0.3, -0.25) is 0 Å². The Labute approximate surface area is 110 Å². The number of rotatable bonds is 2. The molecule has 3 heteroatoms. The number of benzene rings is 1. The van der Waals surface area contributed by atoms with Crippen molar-refractivity contribution in [3.63, 3.8) is 0 Å². The summed E-state index contributed by atoms with van der Waals surface area (Å²) in [7, 11) is 0. The first kappa shape index (κ1) is 18.2. The zero-order chi connectivity index (χ0) is 14.4. The Bertz CT molecular complexity index is 344. The molecule has 5 N–H and O–H groups in total. The van der Waals surface area contributed by atoms with Gasteiger partial charge in [0.15, 0.2) is 0 Å². The van der Waals surface area contributed by atoms with E-state index in [1.807, 2.05) is 32.9 Å². The van der Waals surface area contributed by atoms with E-state index >= 15 is 0 Å². The second-order valence-electron chi connectivity index (χ2n) is 2.99. The van der Waals surface area contributed by atoms with Crippen LogP contribution in [0.4, 0.5) is 5.69 Å². The molecule has 0 aliphatic carbocycles. The Kier molecular flexibility index (Phi) is 13.1. The molecule has 3 nitrogen and oxygen atoms in total. The summed E-state index contributed by atoms with van der Waals surface area (Å²) in [4.78, 5) is 0. The monoisotopic (exact) mass is 248 g/mol. The van der Waals surface area contributed by atoms with Crippen LogP contribution in [0.3, 0.4) is 0 Å². The van der Waals surface area contributed by atoms with Crippen LogP contribution in [0.1, 0.15) is 20.8 Å². The lowest BCUT2D eigenvalue weighted by atomic mass is 10.3. The molecule has 0 aromatic heterocycles. The van der Waals surface area contributed by atoms with Crippen LogP contribution in [0.5, 0.6) is 5.75 Å². The molecule has 0 aliphatic heterocycles. The van der Waals surface area contributed by atoms with Crippen molar-refractivity contribution in [3.05, 3.63) is 60.8 Å². The second kappa shape index (κ2) is 12.9. The Morgan fingerprint density at radius 2 is 1.72 bits per heavy atom. The standard InChI is InChI=1S/C7H11N.C6H7NO.C2H6/c1-3-5-7(8)6-4-2;7-5-1-3-6(8)4-2-5;1-2/h3-6H,1,8H2,2H3;1-4,8H,7H2;1-2H3/b6-4-,7-5+;;. The van der Waals surface area contributed by atoms with Crippen LogP contribution in [-0.2, 0) is 0 Å². The molecule has 1 aromatic rings. The molecule has 0 atom stereocenters. The van der Waals surface area contributed by atoms with Gasteiger partial charge in [0.1, 0.15) is 5.75 Å². The third-order valence-electron chi connectivity index (χ3n) is 1.56. The number of allylic oxidation sites excluding steroid dienone is 4. The number of phenols is 1. The Morgan fingerprint density at radius 1 is 1.22 bits per heavy atom. The minimum Gasteiger partial charge on any atom is -0.508 e. The highest BCUT2D eigenvalue weighted by atomic mass is 16.3. The highest BCUT2D eigenvalue weighted by molar-refractivity contribution is 5.40. The molecular weight excluding hydrogens is 224 g/mol. The molecule has 100 valence electrons. The van der Waals surface area contributed by atoms with E-state index < -0.39 is 0 Å². The maximum atomic E-state index is 8.70. The zero-order valence-corrected chi connectivity index (χ0v) is 11.4. The first-order chi connectivity index (χ1) is 8.60. The topological polar surface area (TPSA) is 72.3 Å². The van der Waals surface area contributed by atoms with Crippen LogP contribution in [0.15, 0.2) is 60.8 Å². The summed E-state index contributed by atoms with van der Waals surface area (Å²) < 4.78 is 0. The number of hydrogen-bond acceptors (Lipinski definition) is 3. The van der Waals surface area contributed by atoms with Crippen molar-refractivity contribution in [3.8, 4) is 5.75 Å². The molecular formula is C15H24N2O. The van der Waals surface area contributed by atoms with E-state index in [4.69, 9.17) is 16.6 Å². The molecule has 0 fully saturated rings. The van der Waals surface area contributed by atoms with Gasteiger partial charge in [-0.1, -0.05) is 32.6 Å². The highest BCUT2D eigenvalue weighted by Crippen LogP contribution is 2.09. The van der Waals surface area contributed by atoms with Crippen LogP contribution >= 0.6 is 0 Å². The summed E-state index contributed by atoms with van der Waals surface area (Å²) in [5.74, 6) is 0.249. The summed E-state index contributed by atoms with van der Waals surface area (Å²) >= 11 is 0.